The Hall–Kier alpha value is 0.330. The number of aliphatic imine (C=N–C) groups is 1. The Morgan fingerprint density at radius 3 is 2.77 bits per heavy atom. The number of rotatable bonds is 1. The van der Waals surface area contributed by atoms with E-state index in [4.69, 9.17) is 0 Å². The summed E-state index contributed by atoms with van der Waals surface area (Å²) in [6, 6.07) is 0. The predicted octanol–water partition coefficient (Wildman–Crippen LogP) is 2.61. The van der Waals surface area contributed by atoms with Crippen molar-refractivity contribution in [2.24, 2.45) is 4.99 Å². The zero-order valence-corrected chi connectivity index (χ0v) is 9.83. The summed E-state index contributed by atoms with van der Waals surface area (Å²) in [6.07, 6.45) is 2.73. The minimum absolute atomic E-state index is 0.248. The van der Waals surface area contributed by atoms with Gasteiger partial charge in [-0.1, -0.05) is 11.8 Å². The smallest absolute Gasteiger partial charge is 0.118 e. The number of hydrogen-bond acceptors (Lipinski definition) is 4. The van der Waals surface area contributed by atoms with Crippen molar-refractivity contribution in [2.45, 2.75) is 36.3 Å². The van der Waals surface area contributed by atoms with Crippen LogP contribution >= 0.6 is 23.5 Å². The average molecular weight is 216 g/mol. The number of thioether (sulfide) groups is 2. The van der Waals surface area contributed by atoms with E-state index >= 15 is 0 Å². The third-order valence-electron chi connectivity index (χ3n) is 2.61. The molecule has 0 aliphatic carbocycles. The first-order valence-electron chi connectivity index (χ1n) is 4.83. The lowest BCUT2D eigenvalue weighted by Crippen LogP contribution is -2.41. The maximum atomic E-state index is 4.37. The Balaban J connectivity index is 2.06. The third-order valence-corrected chi connectivity index (χ3v) is 5.27. The normalized spacial score (nSPS) is 41.2. The van der Waals surface area contributed by atoms with Crippen LogP contribution in [0.25, 0.3) is 0 Å². The molecule has 1 saturated heterocycles. The van der Waals surface area contributed by atoms with Crippen molar-refractivity contribution in [3.05, 3.63) is 0 Å². The summed E-state index contributed by atoms with van der Waals surface area (Å²) in [6.45, 7) is 7.03. The zero-order valence-electron chi connectivity index (χ0n) is 8.19. The van der Waals surface area contributed by atoms with E-state index in [1.807, 2.05) is 29.1 Å². The van der Waals surface area contributed by atoms with Gasteiger partial charge < -0.3 is 0 Å². The molecule has 2 rings (SSSR count). The Kier molecular flexibility index (Phi) is 2.91. The summed E-state index contributed by atoms with van der Waals surface area (Å²) >= 11 is 3.84. The Labute approximate surface area is 88.5 Å². The first kappa shape index (κ1) is 9.87. The lowest BCUT2D eigenvalue weighted by Gasteiger charge is -2.39. The monoisotopic (exact) mass is 216 g/mol. The standard InChI is InChI=1S/C9H16N2S2/c1-8-10-7-12-9(2,13-8)11-5-3-4-6-11/h7-8H,3-6H2,1-2H3. The summed E-state index contributed by atoms with van der Waals surface area (Å²) in [5.74, 6) is 0. The van der Waals surface area contributed by atoms with Crippen LogP contribution in [-0.4, -0.2) is 33.1 Å². The van der Waals surface area contributed by atoms with E-state index < -0.39 is 0 Å². The van der Waals surface area contributed by atoms with Crippen LogP contribution in [0.5, 0.6) is 0 Å². The summed E-state index contributed by atoms with van der Waals surface area (Å²) in [7, 11) is 0. The van der Waals surface area contributed by atoms with E-state index in [1.54, 1.807) is 0 Å². The van der Waals surface area contributed by atoms with E-state index in [0.717, 1.165) is 0 Å². The average Bonchev–Trinajstić information content (AvgIpc) is 2.55. The van der Waals surface area contributed by atoms with Crippen LogP contribution in [0, 0.1) is 0 Å². The molecule has 2 atom stereocenters. The zero-order chi connectivity index (χ0) is 9.31. The Morgan fingerprint density at radius 2 is 2.15 bits per heavy atom. The molecule has 0 aromatic rings. The Morgan fingerprint density at radius 1 is 1.46 bits per heavy atom. The predicted molar refractivity (Wildman–Crippen MR) is 62.3 cm³/mol. The van der Waals surface area contributed by atoms with Gasteiger partial charge in [-0.3, -0.25) is 9.89 Å². The molecule has 13 heavy (non-hydrogen) atoms. The molecule has 4 heteroatoms. The molecule has 1 fully saturated rings. The highest BCUT2D eigenvalue weighted by atomic mass is 32.2. The summed E-state index contributed by atoms with van der Waals surface area (Å²) < 4.78 is 0.248. The topological polar surface area (TPSA) is 15.6 Å². The highest BCUT2D eigenvalue weighted by molar-refractivity contribution is 8.25. The highest BCUT2D eigenvalue weighted by Gasteiger charge is 2.37. The van der Waals surface area contributed by atoms with Gasteiger partial charge in [0.25, 0.3) is 0 Å². The largest absolute Gasteiger partial charge is 0.280 e. The van der Waals surface area contributed by atoms with Gasteiger partial charge in [0.05, 0.1) is 10.9 Å². The molecule has 0 bridgehead atoms. The molecule has 0 radical (unpaired) electrons. The third kappa shape index (κ3) is 2.05. The molecule has 2 aliphatic heterocycles. The van der Waals surface area contributed by atoms with Crippen LogP contribution in [0.3, 0.4) is 0 Å². The van der Waals surface area contributed by atoms with E-state index in [1.165, 1.54) is 25.9 Å². The van der Waals surface area contributed by atoms with Crippen molar-refractivity contribution in [1.82, 2.24) is 4.90 Å². The molecule has 0 spiro atoms. The SMILES string of the molecule is CC1N=CSC(C)(N2CCCC2)S1. The van der Waals surface area contributed by atoms with Crippen LogP contribution in [0.15, 0.2) is 4.99 Å². The van der Waals surface area contributed by atoms with Gasteiger partial charge in [-0.05, 0) is 26.7 Å². The second-order valence-corrected chi connectivity index (χ2v) is 6.89. The van der Waals surface area contributed by atoms with Gasteiger partial charge in [-0.25, -0.2) is 0 Å². The molecule has 0 aromatic heterocycles. The molecule has 2 nitrogen and oxygen atoms in total. The van der Waals surface area contributed by atoms with Gasteiger partial charge in [0.2, 0.25) is 0 Å². The maximum absolute atomic E-state index is 4.37. The minimum atomic E-state index is 0.248. The summed E-state index contributed by atoms with van der Waals surface area (Å²) in [5, 5.41) is 0.423. The first-order chi connectivity index (χ1) is 6.21. The first-order valence-corrected chi connectivity index (χ1v) is 6.59. The lowest BCUT2D eigenvalue weighted by atomic mass is 10.4. The summed E-state index contributed by atoms with van der Waals surface area (Å²) in [5.41, 5.74) is 2.03. The molecule has 0 amide bonds. The van der Waals surface area contributed by atoms with Crippen molar-refractivity contribution < 1.29 is 0 Å². The van der Waals surface area contributed by atoms with E-state index in [2.05, 4.69) is 23.7 Å². The minimum Gasteiger partial charge on any atom is -0.280 e. The maximum Gasteiger partial charge on any atom is 0.118 e. The fourth-order valence-electron chi connectivity index (χ4n) is 1.86. The summed E-state index contributed by atoms with van der Waals surface area (Å²) in [4.78, 5) is 6.96. The van der Waals surface area contributed by atoms with Crippen molar-refractivity contribution in [1.29, 1.82) is 0 Å². The molecule has 0 N–H and O–H groups in total. The number of nitrogens with zero attached hydrogens (tertiary/aromatic N) is 2. The van der Waals surface area contributed by atoms with Gasteiger partial charge >= 0.3 is 0 Å². The second-order valence-electron chi connectivity index (χ2n) is 3.68. The number of likely N-dealkylation sites (tertiary alicyclic amines) is 1. The molecular formula is C9H16N2S2. The van der Waals surface area contributed by atoms with Crippen LogP contribution in [0.2, 0.25) is 0 Å². The van der Waals surface area contributed by atoms with Crippen LogP contribution in [-0.2, 0) is 0 Å². The quantitative estimate of drug-likeness (QED) is 0.670. The molecule has 0 aromatic carbocycles. The second kappa shape index (κ2) is 3.83. The van der Waals surface area contributed by atoms with Crippen molar-refractivity contribution in [2.75, 3.05) is 13.1 Å². The molecular weight excluding hydrogens is 200 g/mol. The van der Waals surface area contributed by atoms with E-state index in [0.29, 0.717) is 5.37 Å². The molecule has 2 heterocycles. The van der Waals surface area contributed by atoms with E-state index in [-0.39, 0.29) is 4.20 Å². The van der Waals surface area contributed by atoms with E-state index in [9.17, 15) is 0 Å². The van der Waals surface area contributed by atoms with Gasteiger partial charge in [-0.15, -0.1) is 11.8 Å². The number of hydrogen-bond donors (Lipinski definition) is 0. The fourth-order valence-corrected chi connectivity index (χ4v) is 4.56. The van der Waals surface area contributed by atoms with Crippen molar-refractivity contribution >= 4 is 29.1 Å². The van der Waals surface area contributed by atoms with Gasteiger partial charge in [0.1, 0.15) is 4.20 Å². The van der Waals surface area contributed by atoms with Crippen LogP contribution in [0.1, 0.15) is 26.7 Å². The molecule has 0 saturated carbocycles. The van der Waals surface area contributed by atoms with Crippen LogP contribution in [0.4, 0.5) is 0 Å². The van der Waals surface area contributed by atoms with Gasteiger partial charge in [0.15, 0.2) is 0 Å². The highest BCUT2D eigenvalue weighted by Crippen LogP contribution is 2.45. The lowest BCUT2D eigenvalue weighted by molar-refractivity contribution is 0.306. The van der Waals surface area contributed by atoms with Gasteiger partial charge in [0, 0.05) is 13.1 Å². The molecule has 2 aliphatic rings. The van der Waals surface area contributed by atoms with Crippen LogP contribution < -0.4 is 0 Å². The van der Waals surface area contributed by atoms with Crippen molar-refractivity contribution in [3.63, 3.8) is 0 Å². The Bertz CT molecular complexity index is 214. The fraction of sp³-hybridized carbons (Fsp3) is 0.889. The molecule has 2 unspecified atom stereocenters. The van der Waals surface area contributed by atoms with Gasteiger partial charge in [-0.2, -0.15) is 0 Å². The molecule has 74 valence electrons. The van der Waals surface area contributed by atoms with Crippen molar-refractivity contribution in [3.8, 4) is 0 Å².